The normalized spacial score (nSPS) is 17.7. The SMILES string of the molecule is O=C(N[C@@H]1CCOC1)c1ccc(-c2cccc(F)c2)cc1. The number of hydrogen-bond donors (Lipinski definition) is 1. The lowest BCUT2D eigenvalue weighted by atomic mass is 10.0. The summed E-state index contributed by atoms with van der Waals surface area (Å²) in [6, 6.07) is 13.7. The number of benzene rings is 2. The Labute approximate surface area is 122 Å². The Morgan fingerprint density at radius 3 is 2.62 bits per heavy atom. The van der Waals surface area contributed by atoms with Gasteiger partial charge in [-0.05, 0) is 41.8 Å². The molecule has 0 aliphatic carbocycles. The van der Waals surface area contributed by atoms with Gasteiger partial charge in [0.15, 0.2) is 0 Å². The second-order valence-corrected chi connectivity index (χ2v) is 5.12. The van der Waals surface area contributed by atoms with E-state index in [1.807, 2.05) is 18.2 Å². The largest absolute Gasteiger partial charge is 0.379 e. The number of carbonyl (C=O) groups excluding carboxylic acids is 1. The van der Waals surface area contributed by atoms with Gasteiger partial charge in [0.05, 0.1) is 12.6 Å². The van der Waals surface area contributed by atoms with Crippen molar-refractivity contribution in [3.8, 4) is 11.1 Å². The fourth-order valence-electron chi connectivity index (χ4n) is 2.40. The molecule has 1 aliphatic rings. The summed E-state index contributed by atoms with van der Waals surface area (Å²) in [5.41, 5.74) is 2.28. The van der Waals surface area contributed by atoms with Crippen LogP contribution in [0.25, 0.3) is 11.1 Å². The van der Waals surface area contributed by atoms with Gasteiger partial charge >= 0.3 is 0 Å². The molecule has 21 heavy (non-hydrogen) atoms. The molecule has 0 radical (unpaired) electrons. The first-order valence-corrected chi connectivity index (χ1v) is 6.97. The zero-order valence-corrected chi connectivity index (χ0v) is 11.5. The quantitative estimate of drug-likeness (QED) is 0.941. The van der Waals surface area contributed by atoms with E-state index < -0.39 is 0 Å². The summed E-state index contributed by atoms with van der Waals surface area (Å²) in [7, 11) is 0. The van der Waals surface area contributed by atoms with E-state index in [1.54, 1.807) is 18.2 Å². The van der Waals surface area contributed by atoms with Gasteiger partial charge < -0.3 is 10.1 Å². The van der Waals surface area contributed by atoms with E-state index in [9.17, 15) is 9.18 Å². The average Bonchev–Trinajstić information content (AvgIpc) is 3.00. The van der Waals surface area contributed by atoms with Gasteiger partial charge in [0.1, 0.15) is 5.82 Å². The molecule has 2 aromatic rings. The second-order valence-electron chi connectivity index (χ2n) is 5.12. The number of rotatable bonds is 3. The van der Waals surface area contributed by atoms with Crippen molar-refractivity contribution < 1.29 is 13.9 Å². The maximum Gasteiger partial charge on any atom is 0.251 e. The van der Waals surface area contributed by atoms with E-state index in [0.29, 0.717) is 18.8 Å². The highest BCUT2D eigenvalue weighted by Crippen LogP contribution is 2.20. The number of halogens is 1. The number of carbonyl (C=O) groups is 1. The Hall–Kier alpha value is -2.20. The second kappa shape index (κ2) is 6.06. The Kier molecular flexibility index (Phi) is 3.97. The molecular weight excluding hydrogens is 269 g/mol. The molecule has 4 heteroatoms. The molecule has 0 bridgehead atoms. The zero-order valence-electron chi connectivity index (χ0n) is 11.5. The fourth-order valence-corrected chi connectivity index (χ4v) is 2.40. The minimum Gasteiger partial charge on any atom is -0.379 e. The van der Waals surface area contributed by atoms with E-state index in [-0.39, 0.29) is 17.8 Å². The first kappa shape index (κ1) is 13.8. The van der Waals surface area contributed by atoms with Crippen LogP contribution < -0.4 is 5.32 Å². The van der Waals surface area contributed by atoms with Gasteiger partial charge in [0.2, 0.25) is 0 Å². The van der Waals surface area contributed by atoms with Gasteiger partial charge in [-0.1, -0.05) is 24.3 Å². The van der Waals surface area contributed by atoms with Crippen molar-refractivity contribution in [2.45, 2.75) is 12.5 Å². The first-order chi connectivity index (χ1) is 10.2. The van der Waals surface area contributed by atoms with Gasteiger partial charge in [-0.15, -0.1) is 0 Å². The topological polar surface area (TPSA) is 38.3 Å². The summed E-state index contributed by atoms with van der Waals surface area (Å²) in [4.78, 5) is 12.1. The van der Waals surface area contributed by atoms with E-state index in [0.717, 1.165) is 17.5 Å². The van der Waals surface area contributed by atoms with Gasteiger partial charge in [-0.3, -0.25) is 4.79 Å². The Morgan fingerprint density at radius 2 is 1.95 bits per heavy atom. The zero-order chi connectivity index (χ0) is 14.7. The number of nitrogens with one attached hydrogen (secondary N) is 1. The van der Waals surface area contributed by atoms with Crippen molar-refractivity contribution in [1.82, 2.24) is 5.32 Å². The monoisotopic (exact) mass is 285 g/mol. The molecule has 108 valence electrons. The van der Waals surface area contributed by atoms with Crippen LogP contribution in [0.5, 0.6) is 0 Å². The molecule has 1 amide bonds. The lowest BCUT2D eigenvalue weighted by Gasteiger charge is -2.11. The molecule has 2 aromatic carbocycles. The summed E-state index contributed by atoms with van der Waals surface area (Å²) in [6.07, 6.45) is 0.854. The molecule has 1 atom stereocenters. The number of ether oxygens (including phenoxy) is 1. The van der Waals surface area contributed by atoms with Crippen LogP contribution in [-0.2, 0) is 4.74 Å². The summed E-state index contributed by atoms with van der Waals surface area (Å²) in [6.45, 7) is 1.27. The van der Waals surface area contributed by atoms with Gasteiger partial charge in [-0.25, -0.2) is 4.39 Å². The molecule has 0 unspecified atom stereocenters. The summed E-state index contributed by atoms with van der Waals surface area (Å²) < 4.78 is 18.4. The average molecular weight is 285 g/mol. The van der Waals surface area contributed by atoms with Gasteiger partial charge in [0, 0.05) is 12.2 Å². The predicted molar refractivity (Wildman–Crippen MR) is 78.5 cm³/mol. The van der Waals surface area contributed by atoms with E-state index in [2.05, 4.69) is 5.32 Å². The molecule has 0 spiro atoms. The molecule has 3 rings (SSSR count). The van der Waals surface area contributed by atoms with Crippen molar-refractivity contribution in [2.75, 3.05) is 13.2 Å². The van der Waals surface area contributed by atoms with Crippen LogP contribution in [-0.4, -0.2) is 25.2 Å². The first-order valence-electron chi connectivity index (χ1n) is 6.97. The third-order valence-electron chi connectivity index (χ3n) is 3.57. The highest BCUT2D eigenvalue weighted by atomic mass is 19.1. The maximum absolute atomic E-state index is 13.2. The van der Waals surface area contributed by atoms with Crippen molar-refractivity contribution in [1.29, 1.82) is 0 Å². The molecule has 0 aromatic heterocycles. The molecular formula is C17H16FNO2. The standard InChI is InChI=1S/C17H16FNO2/c18-15-3-1-2-14(10-15)12-4-6-13(7-5-12)17(20)19-16-8-9-21-11-16/h1-7,10,16H,8-9,11H2,(H,19,20)/t16-/m1/s1. The molecule has 1 saturated heterocycles. The van der Waals surface area contributed by atoms with Crippen LogP contribution in [0.3, 0.4) is 0 Å². The highest BCUT2D eigenvalue weighted by molar-refractivity contribution is 5.94. The minimum absolute atomic E-state index is 0.0976. The molecule has 3 nitrogen and oxygen atoms in total. The Bertz CT molecular complexity index is 633. The van der Waals surface area contributed by atoms with E-state index in [4.69, 9.17) is 4.74 Å². The molecule has 1 aliphatic heterocycles. The van der Waals surface area contributed by atoms with Crippen molar-refractivity contribution >= 4 is 5.91 Å². The summed E-state index contributed by atoms with van der Waals surface area (Å²) in [5, 5.41) is 2.94. The predicted octanol–water partition coefficient (Wildman–Crippen LogP) is 3.01. The summed E-state index contributed by atoms with van der Waals surface area (Å²) >= 11 is 0. The third kappa shape index (κ3) is 3.28. The van der Waals surface area contributed by atoms with Crippen molar-refractivity contribution in [3.63, 3.8) is 0 Å². The highest BCUT2D eigenvalue weighted by Gasteiger charge is 2.18. The maximum atomic E-state index is 13.2. The lowest BCUT2D eigenvalue weighted by Crippen LogP contribution is -2.34. The van der Waals surface area contributed by atoms with E-state index >= 15 is 0 Å². The van der Waals surface area contributed by atoms with Crippen LogP contribution in [0, 0.1) is 5.82 Å². The number of hydrogen-bond acceptors (Lipinski definition) is 2. The third-order valence-corrected chi connectivity index (χ3v) is 3.57. The summed E-state index contributed by atoms with van der Waals surface area (Å²) in [5.74, 6) is -0.369. The Morgan fingerprint density at radius 1 is 1.14 bits per heavy atom. The fraction of sp³-hybridized carbons (Fsp3) is 0.235. The lowest BCUT2D eigenvalue weighted by molar-refractivity contribution is 0.0930. The molecule has 1 heterocycles. The molecule has 0 saturated carbocycles. The van der Waals surface area contributed by atoms with Crippen LogP contribution in [0.1, 0.15) is 16.8 Å². The van der Waals surface area contributed by atoms with Crippen LogP contribution in [0.4, 0.5) is 4.39 Å². The van der Waals surface area contributed by atoms with Gasteiger partial charge in [-0.2, -0.15) is 0 Å². The van der Waals surface area contributed by atoms with Crippen LogP contribution in [0.15, 0.2) is 48.5 Å². The Balaban J connectivity index is 1.72. The van der Waals surface area contributed by atoms with Crippen molar-refractivity contribution in [2.24, 2.45) is 0 Å². The van der Waals surface area contributed by atoms with Crippen LogP contribution in [0.2, 0.25) is 0 Å². The van der Waals surface area contributed by atoms with Crippen molar-refractivity contribution in [3.05, 3.63) is 59.9 Å². The van der Waals surface area contributed by atoms with E-state index in [1.165, 1.54) is 12.1 Å². The van der Waals surface area contributed by atoms with Gasteiger partial charge in [0.25, 0.3) is 5.91 Å². The smallest absolute Gasteiger partial charge is 0.251 e. The minimum atomic E-state index is -0.268. The molecule has 1 fully saturated rings. The van der Waals surface area contributed by atoms with Crippen LogP contribution >= 0.6 is 0 Å². The molecule has 1 N–H and O–H groups in total. The number of amides is 1.